The number of carbonyl (C=O) groups is 1. The van der Waals surface area contributed by atoms with Gasteiger partial charge in [-0.05, 0) is 25.3 Å². The summed E-state index contributed by atoms with van der Waals surface area (Å²) in [4.78, 5) is 14.3. The van der Waals surface area contributed by atoms with E-state index in [1.165, 1.54) is 12.8 Å². The normalized spacial score (nSPS) is 34.0. The van der Waals surface area contributed by atoms with Crippen LogP contribution < -0.4 is 5.32 Å². The smallest absolute Gasteiger partial charge is 0.239 e. The lowest BCUT2D eigenvalue weighted by atomic mass is 10.00. The second-order valence-electron chi connectivity index (χ2n) is 5.44. The van der Waals surface area contributed by atoms with Crippen molar-refractivity contribution in [1.29, 1.82) is 0 Å². The minimum Gasteiger partial charge on any atom is -0.384 e. The molecule has 2 heterocycles. The predicted molar refractivity (Wildman–Crippen MR) is 66.8 cm³/mol. The summed E-state index contributed by atoms with van der Waals surface area (Å²) in [6.45, 7) is 5.73. The van der Waals surface area contributed by atoms with Gasteiger partial charge in [0.2, 0.25) is 5.91 Å². The molecule has 4 heteroatoms. The molecule has 2 rings (SSSR count). The molecule has 0 aliphatic carbocycles. The molecule has 0 aromatic rings. The van der Waals surface area contributed by atoms with E-state index >= 15 is 0 Å². The third-order valence-corrected chi connectivity index (χ3v) is 4.07. The van der Waals surface area contributed by atoms with Crippen molar-refractivity contribution < 1.29 is 9.53 Å². The molecule has 2 aliphatic rings. The first-order valence-electron chi connectivity index (χ1n) is 6.73. The summed E-state index contributed by atoms with van der Waals surface area (Å²) in [5, 5.41) is 3.33. The Balaban J connectivity index is 1.88. The lowest BCUT2D eigenvalue weighted by Crippen LogP contribution is -2.48. The Hall–Kier alpha value is -0.610. The van der Waals surface area contributed by atoms with Crippen LogP contribution in [-0.2, 0) is 9.53 Å². The number of ether oxygens (including phenoxy) is 1. The Morgan fingerprint density at radius 1 is 1.41 bits per heavy atom. The van der Waals surface area contributed by atoms with E-state index in [1.54, 1.807) is 7.11 Å². The number of nitrogens with zero attached hydrogens (tertiary/aromatic N) is 1. The van der Waals surface area contributed by atoms with Gasteiger partial charge in [-0.15, -0.1) is 0 Å². The standard InChI is InChI=1S/C13H24N2O2/c1-10-7-15(8-11(10)9-17-2)13(16)12-5-3-4-6-14-12/h10-12,14H,3-9H2,1-2H3. The van der Waals surface area contributed by atoms with Crippen molar-refractivity contribution in [3.05, 3.63) is 0 Å². The first kappa shape index (κ1) is 12.8. The van der Waals surface area contributed by atoms with Crippen LogP contribution in [0, 0.1) is 11.8 Å². The topological polar surface area (TPSA) is 41.6 Å². The van der Waals surface area contributed by atoms with Gasteiger partial charge in [0.15, 0.2) is 0 Å². The lowest BCUT2D eigenvalue weighted by molar-refractivity contribution is -0.133. The lowest BCUT2D eigenvalue weighted by Gasteiger charge is -2.27. The molecule has 0 saturated carbocycles. The first-order valence-corrected chi connectivity index (χ1v) is 6.73. The van der Waals surface area contributed by atoms with Gasteiger partial charge in [0.1, 0.15) is 0 Å². The fourth-order valence-electron chi connectivity index (χ4n) is 2.93. The summed E-state index contributed by atoms with van der Waals surface area (Å²) < 4.78 is 5.22. The van der Waals surface area contributed by atoms with Crippen LogP contribution in [-0.4, -0.2) is 50.2 Å². The van der Waals surface area contributed by atoms with Gasteiger partial charge < -0.3 is 15.0 Å². The monoisotopic (exact) mass is 240 g/mol. The number of amides is 1. The van der Waals surface area contributed by atoms with Gasteiger partial charge in [-0.2, -0.15) is 0 Å². The van der Waals surface area contributed by atoms with Crippen LogP contribution in [0.2, 0.25) is 0 Å². The Morgan fingerprint density at radius 3 is 2.88 bits per heavy atom. The molecule has 2 fully saturated rings. The van der Waals surface area contributed by atoms with E-state index in [-0.39, 0.29) is 6.04 Å². The number of rotatable bonds is 3. The molecule has 4 nitrogen and oxygen atoms in total. The van der Waals surface area contributed by atoms with E-state index in [4.69, 9.17) is 4.74 Å². The van der Waals surface area contributed by atoms with Crippen molar-refractivity contribution in [3.63, 3.8) is 0 Å². The fraction of sp³-hybridized carbons (Fsp3) is 0.923. The van der Waals surface area contributed by atoms with E-state index in [0.717, 1.165) is 32.7 Å². The molecule has 0 bridgehead atoms. The molecule has 0 aromatic heterocycles. The van der Waals surface area contributed by atoms with Crippen LogP contribution >= 0.6 is 0 Å². The van der Waals surface area contributed by atoms with Crippen molar-refractivity contribution in [1.82, 2.24) is 10.2 Å². The predicted octanol–water partition coefficient (Wildman–Crippen LogP) is 0.869. The summed E-state index contributed by atoms with van der Waals surface area (Å²) in [5.41, 5.74) is 0. The zero-order chi connectivity index (χ0) is 12.3. The highest BCUT2D eigenvalue weighted by Gasteiger charge is 2.35. The van der Waals surface area contributed by atoms with Crippen LogP contribution in [0.3, 0.4) is 0 Å². The molecule has 0 aromatic carbocycles. The highest BCUT2D eigenvalue weighted by atomic mass is 16.5. The molecule has 0 radical (unpaired) electrons. The molecule has 3 atom stereocenters. The minimum absolute atomic E-state index is 0.0669. The van der Waals surface area contributed by atoms with Crippen molar-refractivity contribution in [3.8, 4) is 0 Å². The second-order valence-corrected chi connectivity index (χ2v) is 5.44. The van der Waals surface area contributed by atoms with Crippen molar-refractivity contribution >= 4 is 5.91 Å². The molecule has 1 N–H and O–H groups in total. The quantitative estimate of drug-likeness (QED) is 0.796. The molecule has 17 heavy (non-hydrogen) atoms. The summed E-state index contributed by atoms with van der Waals surface area (Å²) in [6, 6.07) is 0.0669. The van der Waals surface area contributed by atoms with E-state index in [9.17, 15) is 4.79 Å². The number of nitrogens with one attached hydrogen (secondary N) is 1. The Kier molecular flexibility index (Phi) is 4.40. The van der Waals surface area contributed by atoms with Crippen LogP contribution in [0.1, 0.15) is 26.2 Å². The van der Waals surface area contributed by atoms with Crippen LogP contribution in [0.15, 0.2) is 0 Å². The first-order chi connectivity index (χ1) is 8.22. The molecule has 98 valence electrons. The SMILES string of the molecule is COCC1CN(C(=O)C2CCCCN2)CC1C. The van der Waals surface area contributed by atoms with Gasteiger partial charge in [-0.1, -0.05) is 13.3 Å². The van der Waals surface area contributed by atoms with Crippen LogP contribution in [0.5, 0.6) is 0 Å². The molecule has 1 amide bonds. The number of methoxy groups -OCH3 is 1. The van der Waals surface area contributed by atoms with Crippen molar-refractivity contribution in [2.24, 2.45) is 11.8 Å². The van der Waals surface area contributed by atoms with Crippen LogP contribution in [0.4, 0.5) is 0 Å². The number of likely N-dealkylation sites (tertiary alicyclic amines) is 1. The third-order valence-electron chi connectivity index (χ3n) is 4.07. The van der Waals surface area contributed by atoms with Gasteiger partial charge in [0, 0.05) is 26.1 Å². The number of hydrogen-bond acceptors (Lipinski definition) is 3. The minimum atomic E-state index is 0.0669. The Labute approximate surface area is 104 Å². The van der Waals surface area contributed by atoms with Gasteiger partial charge in [0.25, 0.3) is 0 Å². The molecular formula is C13H24N2O2. The van der Waals surface area contributed by atoms with Gasteiger partial charge in [-0.3, -0.25) is 4.79 Å². The summed E-state index contributed by atoms with van der Waals surface area (Å²) in [6.07, 6.45) is 3.37. The third kappa shape index (κ3) is 2.99. The fourth-order valence-corrected chi connectivity index (χ4v) is 2.93. The molecule has 2 saturated heterocycles. The second kappa shape index (κ2) is 5.83. The highest BCUT2D eigenvalue weighted by Crippen LogP contribution is 2.24. The maximum absolute atomic E-state index is 12.3. The molecule has 2 aliphatic heterocycles. The highest BCUT2D eigenvalue weighted by molar-refractivity contribution is 5.82. The molecular weight excluding hydrogens is 216 g/mol. The number of hydrogen-bond donors (Lipinski definition) is 1. The number of piperidine rings is 1. The largest absolute Gasteiger partial charge is 0.384 e. The van der Waals surface area contributed by atoms with Crippen molar-refractivity contribution in [2.75, 3.05) is 33.4 Å². The zero-order valence-corrected chi connectivity index (χ0v) is 10.9. The average Bonchev–Trinajstić information content (AvgIpc) is 2.72. The van der Waals surface area contributed by atoms with E-state index in [1.807, 2.05) is 4.90 Å². The Morgan fingerprint density at radius 2 is 2.24 bits per heavy atom. The van der Waals surface area contributed by atoms with Gasteiger partial charge in [-0.25, -0.2) is 0 Å². The van der Waals surface area contributed by atoms with Gasteiger partial charge >= 0.3 is 0 Å². The van der Waals surface area contributed by atoms with E-state index in [2.05, 4.69) is 12.2 Å². The van der Waals surface area contributed by atoms with Crippen molar-refractivity contribution in [2.45, 2.75) is 32.2 Å². The maximum atomic E-state index is 12.3. The van der Waals surface area contributed by atoms with Crippen LogP contribution in [0.25, 0.3) is 0 Å². The zero-order valence-electron chi connectivity index (χ0n) is 10.9. The molecule has 3 unspecified atom stereocenters. The van der Waals surface area contributed by atoms with E-state index in [0.29, 0.717) is 17.7 Å². The van der Waals surface area contributed by atoms with E-state index < -0.39 is 0 Å². The summed E-state index contributed by atoms with van der Waals surface area (Å²) in [7, 11) is 1.74. The molecule has 0 spiro atoms. The summed E-state index contributed by atoms with van der Waals surface area (Å²) >= 11 is 0. The average molecular weight is 240 g/mol. The number of carbonyl (C=O) groups excluding carboxylic acids is 1. The van der Waals surface area contributed by atoms with Gasteiger partial charge in [0.05, 0.1) is 12.6 Å². The Bertz CT molecular complexity index is 264. The maximum Gasteiger partial charge on any atom is 0.239 e. The summed E-state index contributed by atoms with van der Waals surface area (Å²) in [5.74, 6) is 1.37.